The number of fused-ring (bicyclic) bond motifs is 1. The molecule has 0 radical (unpaired) electrons. The van der Waals surface area contributed by atoms with E-state index >= 15 is 0 Å². The molecule has 116 valence electrons. The van der Waals surface area contributed by atoms with Gasteiger partial charge in [-0.2, -0.15) is 10.2 Å². The highest BCUT2D eigenvalue weighted by Gasteiger charge is 2.30. The second kappa shape index (κ2) is 5.39. The standard InChI is InChI=1S/C17H17N5O/c1-21-11-13(8-18-21)14-7-16(23)20-17-15(14)9-19-22(17)10-12-5-3-2-4-6-12/h2-6,8-9,11,14H,7,10H2,1H3,(H,20,23). The molecule has 4 rings (SSSR count). The molecule has 0 saturated heterocycles. The van der Waals surface area contributed by atoms with Gasteiger partial charge in [0.15, 0.2) is 0 Å². The van der Waals surface area contributed by atoms with Crippen molar-refractivity contribution in [1.29, 1.82) is 0 Å². The van der Waals surface area contributed by atoms with E-state index in [4.69, 9.17) is 0 Å². The maximum atomic E-state index is 12.1. The third-order valence-corrected chi connectivity index (χ3v) is 4.19. The predicted octanol–water partition coefficient (Wildman–Crippen LogP) is 2.14. The Morgan fingerprint density at radius 1 is 1.22 bits per heavy atom. The van der Waals surface area contributed by atoms with Crippen molar-refractivity contribution < 1.29 is 4.79 Å². The Balaban J connectivity index is 1.71. The number of rotatable bonds is 3. The highest BCUT2D eigenvalue weighted by Crippen LogP contribution is 2.36. The van der Waals surface area contributed by atoms with Gasteiger partial charge in [0.2, 0.25) is 5.91 Å². The van der Waals surface area contributed by atoms with Crippen molar-refractivity contribution in [3.63, 3.8) is 0 Å². The van der Waals surface area contributed by atoms with Crippen molar-refractivity contribution in [3.8, 4) is 0 Å². The van der Waals surface area contributed by atoms with E-state index in [2.05, 4.69) is 27.6 Å². The molecule has 0 aliphatic carbocycles. The molecule has 0 spiro atoms. The summed E-state index contributed by atoms with van der Waals surface area (Å²) in [5.41, 5.74) is 3.24. The number of hydrogen-bond acceptors (Lipinski definition) is 3. The maximum Gasteiger partial charge on any atom is 0.226 e. The first-order chi connectivity index (χ1) is 11.2. The number of carbonyl (C=O) groups is 1. The fourth-order valence-corrected chi connectivity index (χ4v) is 3.06. The number of amides is 1. The molecule has 6 heteroatoms. The zero-order chi connectivity index (χ0) is 15.8. The summed E-state index contributed by atoms with van der Waals surface area (Å²) in [6.45, 7) is 0.635. The quantitative estimate of drug-likeness (QED) is 0.806. The Labute approximate surface area is 133 Å². The molecule has 23 heavy (non-hydrogen) atoms. The summed E-state index contributed by atoms with van der Waals surface area (Å²) in [5.74, 6) is 0.817. The van der Waals surface area contributed by atoms with E-state index in [0.717, 1.165) is 22.5 Å². The lowest BCUT2D eigenvalue weighted by Crippen LogP contribution is -2.24. The third kappa shape index (κ3) is 2.52. The second-order valence-corrected chi connectivity index (χ2v) is 5.84. The van der Waals surface area contributed by atoms with Crippen molar-refractivity contribution in [1.82, 2.24) is 19.6 Å². The smallest absolute Gasteiger partial charge is 0.226 e. The molecule has 0 saturated carbocycles. The van der Waals surface area contributed by atoms with Gasteiger partial charge in [0.05, 0.1) is 18.9 Å². The normalized spacial score (nSPS) is 16.9. The van der Waals surface area contributed by atoms with Crippen LogP contribution in [0.15, 0.2) is 48.9 Å². The van der Waals surface area contributed by atoms with Crippen LogP contribution in [0.1, 0.15) is 29.0 Å². The molecule has 1 unspecified atom stereocenters. The molecule has 1 aromatic carbocycles. The van der Waals surface area contributed by atoms with E-state index in [1.807, 2.05) is 48.5 Å². The van der Waals surface area contributed by atoms with Gasteiger partial charge in [-0.25, -0.2) is 4.68 Å². The van der Waals surface area contributed by atoms with Gasteiger partial charge in [-0.1, -0.05) is 30.3 Å². The zero-order valence-corrected chi connectivity index (χ0v) is 12.8. The van der Waals surface area contributed by atoms with Gasteiger partial charge in [0.25, 0.3) is 0 Å². The average Bonchev–Trinajstić information content (AvgIpc) is 3.15. The summed E-state index contributed by atoms with van der Waals surface area (Å²) in [5, 5.41) is 11.7. The van der Waals surface area contributed by atoms with Gasteiger partial charge < -0.3 is 5.32 Å². The minimum atomic E-state index is 0.0111. The number of carbonyl (C=O) groups excluding carboxylic acids is 1. The Morgan fingerprint density at radius 3 is 2.78 bits per heavy atom. The summed E-state index contributed by atoms with van der Waals surface area (Å²) in [6, 6.07) is 10.1. The molecular weight excluding hydrogens is 290 g/mol. The van der Waals surface area contributed by atoms with Crippen LogP contribution in [0.2, 0.25) is 0 Å². The van der Waals surface area contributed by atoms with E-state index in [9.17, 15) is 4.79 Å². The number of aromatic nitrogens is 4. The zero-order valence-electron chi connectivity index (χ0n) is 12.8. The first kappa shape index (κ1) is 13.8. The van der Waals surface area contributed by atoms with Crippen molar-refractivity contribution in [2.24, 2.45) is 7.05 Å². The second-order valence-electron chi connectivity index (χ2n) is 5.84. The van der Waals surface area contributed by atoms with Crippen LogP contribution in [-0.4, -0.2) is 25.5 Å². The number of anilines is 1. The Morgan fingerprint density at radius 2 is 2.04 bits per heavy atom. The Hall–Kier alpha value is -2.89. The molecule has 1 amide bonds. The first-order valence-electron chi connectivity index (χ1n) is 7.59. The molecule has 6 nitrogen and oxygen atoms in total. The first-order valence-corrected chi connectivity index (χ1v) is 7.59. The molecule has 1 aliphatic rings. The summed E-state index contributed by atoms with van der Waals surface area (Å²) in [4.78, 5) is 12.1. The van der Waals surface area contributed by atoms with Crippen LogP contribution in [0.3, 0.4) is 0 Å². The van der Waals surface area contributed by atoms with Crippen LogP contribution in [0.5, 0.6) is 0 Å². The van der Waals surface area contributed by atoms with E-state index in [1.165, 1.54) is 0 Å². The number of nitrogens with zero attached hydrogens (tertiary/aromatic N) is 4. The minimum Gasteiger partial charge on any atom is -0.311 e. The van der Waals surface area contributed by atoms with E-state index in [1.54, 1.807) is 4.68 Å². The molecule has 1 aliphatic heterocycles. The van der Waals surface area contributed by atoms with Gasteiger partial charge >= 0.3 is 0 Å². The van der Waals surface area contributed by atoms with Gasteiger partial charge in [-0.3, -0.25) is 9.48 Å². The third-order valence-electron chi connectivity index (χ3n) is 4.19. The van der Waals surface area contributed by atoms with Gasteiger partial charge in [-0.15, -0.1) is 0 Å². The van der Waals surface area contributed by atoms with Crippen molar-refractivity contribution in [3.05, 3.63) is 65.6 Å². The summed E-state index contributed by atoms with van der Waals surface area (Å²) < 4.78 is 3.61. The molecule has 1 N–H and O–H groups in total. The molecule has 0 fully saturated rings. The largest absolute Gasteiger partial charge is 0.311 e. The van der Waals surface area contributed by atoms with Gasteiger partial charge in [-0.05, 0) is 11.1 Å². The highest BCUT2D eigenvalue weighted by atomic mass is 16.1. The summed E-state index contributed by atoms with van der Waals surface area (Å²) >= 11 is 0. The average molecular weight is 307 g/mol. The predicted molar refractivity (Wildman–Crippen MR) is 86.1 cm³/mol. The lowest BCUT2D eigenvalue weighted by Gasteiger charge is -2.22. The number of benzene rings is 1. The summed E-state index contributed by atoms with van der Waals surface area (Å²) in [7, 11) is 1.88. The number of nitrogens with one attached hydrogen (secondary N) is 1. The van der Waals surface area contributed by atoms with E-state index in [-0.39, 0.29) is 11.8 Å². The lowest BCUT2D eigenvalue weighted by molar-refractivity contribution is -0.116. The SMILES string of the molecule is Cn1cc(C2CC(=O)Nc3c2cnn3Cc2ccccc2)cn1. The van der Waals surface area contributed by atoms with Crippen molar-refractivity contribution in [2.45, 2.75) is 18.9 Å². The topological polar surface area (TPSA) is 64.7 Å². The summed E-state index contributed by atoms with van der Waals surface area (Å²) in [6.07, 6.45) is 6.06. The fourth-order valence-electron chi connectivity index (χ4n) is 3.06. The Kier molecular flexibility index (Phi) is 3.22. The van der Waals surface area contributed by atoms with Crippen LogP contribution in [0.25, 0.3) is 0 Å². The van der Waals surface area contributed by atoms with Crippen LogP contribution in [0.4, 0.5) is 5.82 Å². The van der Waals surface area contributed by atoms with Gasteiger partial charge in [0.1, 0.15) is 5.82 Å². The van der Waals surface area contributed by atoms with Crippen LogP contribution in [-0.2, 0) is 18.4 Å². The van der Waals surface area contributed by atoms with Crippen molar-refractivity contribution >= 4 is 11.7 Å². The van der Waals surface area contributed by atoms with E-state index in [0.29, 0.717) is 13.0 Å². The van der Waals surface area contributed by atoms with Crippen LogP contribution in [0, 0.1) is 0 Å². The van der Waals surface area contributed by atoms with Crippen molar-refractivity contribution in [2.75, 3.05) is 5.32 Å². The monoisotopic (exact) mass is 307 g/mol. The molecular formula is C17H17N5O. The Bertz CT molecular complexity index is 849. The molecule has 0 bridgehead atoms. The highest BCUT2D eigenvalue weighted by molar-refractivity contribution is 5.94. The molecule has 1 atom stereocenters. The maximum absolute atomic E-state index is 12.1. The molecule has 3 aromatic rings. The minimum absolute atomic E-state index is 0.0111. The number of aryl methyl sites for hydroxylation is 1. The van der Waals surface area contributed by atoms with Crippen LogP contribution >= 0.6 is 0 Å². The van der Waals surface area contributed by atoms with Gasteiger partial charge in [0, 0.05) is 31.1 Å². The molecule has 3 heterocycles. The fraction of sp³-hybridized carbons (Fsp3) is 0.235. The van der Waals surface area contributed by atoms with Crippen LogP contribution < -0.4 is 5.32 Å². The lowest BCUT2D eigenvalue weighted by atomic mass is 9.89. The van der Waals surface area contributed by atoms with E-state index < -0.39 is 0 Å². The molecule has 2 aromatic heterocycles. The number of hydrogen-bond donors (Lipinski definition) is 1.